The summed E-state index contributed by atoms with van der Waals surface area (Å²) in [5, 5.41) is 28.7. The van der Waals surface area contributed by atoms with Crippen LogP contribution in [0.15, 0.2) is 24.3 Å². The first-order valence-electron chi connectivity index (χ1n) is 6.15. The molecule has 4 atom stereocenters. The van der Waals surface area contributed by atoms with Gasteiger partial charge in [-0.15, -0.1) is 0 Å². The van der Waals surface area contributed by atoms with Crippen molar-refractivity contribution in [2.24, 2.45) is 0 Å². The molecular weight excluding hydrogens is 266 g/mol. The zero-order chi connectivity index (χ0) is 14.4. The number of rotatable bonds is 2. The Morgan fingerprint density at radius 2 is 1.85 bits per heavy atom. The molecule has 2 heterocycles. The summed E-state index contributed by atoms with van der Waals surface area (Å²) >= 11 is 0. The minimum atomic E-state index is -1.39. The van der Waals surface area contributed by atoms with Gasteiger partial charge in [-0.05, 0) is 12.1 Å². The number of anilines is 1. The van der Waals surface area contributed by atoms with Crippen molar-refractivity contribution in [3.63, 3.8) is 0 Å². The van der Waals surface area contributed by atoms with Crippen molar-refractivity contribution in [2.45, 2.75) is 24.5 Å². The molecule has 2 aliphatic heterocycles. The molecule has 0 aliphatic carbocycles. The number of hydrogen-bond acceptors (Lipinski definition) is 6. The second-order valence-electron chi connectivity index (χ2n) is 4.75. The third-order valence-corrected chi connectivity index (χ3v) is 3.59. The van der Waals surface area contributed by atoms with E-state index < -0.39 is 42.8 Å². The molecule has 0 radical (unpaired) electrons. The van der Waals surface area contributed by atoms with Crippen molar-refractivity contribution in [3.05, 3.63) is 29.8 Å². The Bertz CT molecular complexity index is 574. The number of aliphatic hydroxyl groups excluding tert-OH is 3. The second-order valence-corrected chi connectivity index (χ2v) is 4.75. The van der Waals surface area contributed by atoms with Crippen LogP contribution >= 0.6 is 0 Å². The number of carbonyl (C=O) groups is 2. The van der Waals surface area contributed by atoms with E-state index in [1.165, 1.54) is 6.07 Å². The van der Waals surface area contributed by atoms with Gasteiger partial charge in [0.1, 0.15) is 18.3 Å². The standard InChI is InChI=1S/C13H13NO6/c15-5-8-10(17)11(18)13(20-8)14-7-4-2-1-3-6(7)9(16)12(14)19/h1-4,8,10-11,13,15,17-18H,5H2/t8-,10-,11-,13-/m1/s1. The summed E-state index contributed by atoms with van der Waals surface area (Å²) in [6.45, 7) is -0.494. The van der Waals surface area contributed by atoms with Crippen LogP contribution in [-0.2, 0) is 9.53 Å². The lowest BCUT2D eigenvalue weighted by molar-refractivity contribution is -0.118. The van der Waals surface area contributed by atoms with Crippen molar-refractivity contribution in [3.8, 4) is 0 Å². The Morgan fingerprint density at radius 1 is 1.15 bits per heavy atom. The number of carbonyl (C=O) groups excluding carboxylic acids is 2. The highest BCUT2D eigenvalue weighted by Gasteiger charge is 2.50. The molecule has 1 saturated heterocycles. The van der Waals surface area contributed by atoms with E-state index in [4.69, 9.17) is 9.84 Å². The molecule has 3 N–H and O–H groups in total. The van der Waals surface area contributed by atoms with E-state index in [-0.39, 0.29) is 5.56 Å². The van der Waals surface area contributed by atoms with Gasteiger partial charge in [-0.3, -0.25) is 14.5 Å². The first-order chi connectivity index (χ1) is 9.56. The molecule has 0 spiro atoms. The molecule has 7 nitrogen and oxygen atoms in total. The minimum Gasteiger partial charge on any atom is -0.394 e. The predicted octanol–water partition coefficient (Wildman–Crippen LogP) is -1.35. The fourth-order valence-corrected chi connectivity index (χ4v) is 2.56. The average Bonchev–Trinajstić information content (AvgIpc) is 2.88. The van der Waals surface area contributed by atoms with Gasteiger partial charge >= 0.3 is 5.91 Å². The monoisotopic (exact) mass is 279 g/mol. The normalized spacial score (nSPS) is 32.9. The van der Waals surface area contributed by atoms with Gasteiger partial charge < -0.3 is 20.1 Å². The summed E-state index contributed by atoms with van der Waals surface area (Å²) in [6.07, 6.45) is -4.90. The molecule has 1 amide bonds. The molecule has 0 saturated carbocycles. The summed E-state index contributed by atoms with van der Waals surface area (Å²) in [7, 11) is 0. The van der Waals surface area contributed by atoms with Crippen LogP contribution in [0.1, 0.15) is 10.4 Å². The zero-order valence-electron chi connectivity index (χ0n) is 10.3. The summed E-state index contributed by atoms with van der Waals surface area (Å²) in [6, 6.07) is 6.35. The molecule has 20 heavy (non-hydrogen) atoms. The van der Waals surface area contributed by atoms with Gasteiger partial charge in [0, 0.05) is 0 Å². The maximum atomic E-state index is 12.0. The molecule has 0 aromatic heterocycles. The number of Topliss-reactive ketones (excluding diaryl/α,β-unsaturated/α-hetero) is 1. The Balaban J connectivity index is 1.99. The molecule has 0 unspecified atom stereocenters. The van der Waals surface area contributed by atoms with E-state index in [9.17, 15) is 19.8 Å². The second kappa shape index (κ2) is 4.64. The van der Waals surface area contributed by atoms with Gasteiger partial charge in [-0.1, -0.05) is 12.1 Å². The highest BCUT2D eigenvalue weighted by atomic mass is 16.6. The predicted molar refractivity (Wildman–Crippen MR) is 66.0 cm³/mol. The van der Waals surface area contributed by atoms with Crippen LogP contribution < -0.4 is 4.90 Å². The Labute approximate surface area is 114 Å². The fraction of sp³-hybridized carbons (Fsp3) is 0.385. The van der Waals surface area contributed by atoms with Crippen LogP contribution in [0, 0.1) is 0 Å². The third kappa shape index (κ3) is 1.68. The number of aliphatic hydroxyl groups is 3. The Morgan fingerprint density at radius 3 is 2.50 bits per heavy atom. The zero-order valence-corrected chi connectivity index (χ0v) is 10.3. The number of para-hydroxylation sites is 1. The molecule has 0 bridgehead atoms. The van der Waals surface area contributed by atoms with Crippen LogP contribution in [0.4, 0.5) is 5.69 Å². The van der Waals surface area contributed by atoms with Gasteiger partial charge in [0.15, 0.2) is 6.23 Å². The van der Waals surface area contributed by atoms with Crippen molar-refractivity contribution < 1.29 is 29.6 Å². The summed E-state index contributed by atoms with van der Waals surface area (Å²) in [4.78, 5) is 24.9. The number of amides is 1. The van der Waals surface area contributed by atoms with E-state index in [0.29, 0.717) is 5.69 Å². The number of fused-ring (bicyclic) bond motifs is 1. The molecule has 7 heteroatoms. The Hall–Kier alpha value is -1.80. The maximum absolute atomic E-state index is 12.0. The Kier molecular flexibility index (Phi) is 3.06. The van der Waals surface area contributed by atoms with Gasteiger partial charge in [0.25, 0.3) is 5.78 Å². The summed E-state index contributed by atoms with van der Waals surface area (Å²) in [5.41, 5.74) is 0.563. The average molecular weight is 279 g/mol. The van der Waals surface area contributed by atoms with Crippen LogP contribution in [0.5, 0.6) is 0 Å². The molecule has 1 fully saturated rings. The van der Waals surface area contributed by atoms with Crippen LogP contribution in [-0.4, -0.2) is 58.2 Å². The number of nitrogens with zero attached hydrogens (tertiary/aromatic N) is 1. The van der Waals surface area contributed by atoms with E-state index >= 15 is 0 Å². The minimum absolute atomic E-state index is 0.232. The molecule has 3 rings (SSSR count). The number of ether oxygens (including phenoxy) is 1. The van der Waals surface area contributed by atoms with E-state index in [0.717, 1.165) is 4.90 Å². The van der Waals surface area contributed by atoms with Gasteiger partial charge in [-0.2, -0.15) is 0 Å². The molecule has 1 aromatic rings. The number of hydrogen-bond donors (Lipinski definition) is 3. The fourth-order valence-electron chi connectivity index (χ4n) is 2.56. The highest BCUT2D eigenvalue weighted by molar-refractivity contribution is 6.52. The third-order valence-electron chi connectivity index (χ3n) is 3.59. The van der Waals surface area contributed by atoms with Crippen molar-refractivity contribution in [2.75, 3.05) is 11.5 Å². The topological polar surface area (TPSA) is 107 Å². The molecular formula is C13H13NO6. The SMILES string of the molecule is O=C1C(=O)N([C@@H]2O[C@H](CO)[C@@H](O)[C@H]2O)c2ccccc21. The maximum Gasteiger partial charge on any atom is 0.301 e. The quantitative estimate of drug-likeness (QED) is 0.578. The highest BCUT2D eigenvalue weighted by Crippen LogP contribution is 2.35. The van der Waals surface area contributed by atoms with Gasteiger partial charge in [0.05, 0.1) is 17.9 Å². The largest absolute Gasteiger partial charge is 0.394 e. The lowest BCUT2D eigenvalue weighted by Crippen LogP contribution is -2.46. The number of ketones is 1. The summed E-state index contributed by atoms with van der Waals surface area (Å²) < 4.78 is 5.30. The van der Waals surface area contributed by atoms with Crippen molar-refractivity contribution in [1.82, 2.24) is 0 Å². The smallest absolute Gasteiger partial charge is 0.301 e. The first kappa shape index (κ1) is 13.2. The van der Waals surface area contributed by atoms with Gasteiger partial charge in [-0.25, -0.2) is 0 Å². The van der Waals surface area contributed by atoms with Crippen LogP contribution in [0.3, 0.4) is 0 Å². The van der Waals surface area contributed by atoms with Crippen molar-refractivity contribution >= 4 is 17.4 Å². The van der Waals surface area contributed by atoms with E-state index in [1.807, 2.05) is 0 Å². The van der Waals surface area contributed by atoms with Crippen LogP contribution in [0.25, 0.3) is 0 Å². The lowest BCUT2D eigenvalue weighted by Gasteiger charge is -2.26. The first-order valence-corrected chi connectivity index (χ1v) is 6.15. The molecule has 1 aromatic carbocycles. The number of benzene rings is 1. The lowest BCUT2D eigenvalue weighted by atomic mass is 10.1. The molecule has 2 aliphatic rings. The molecule has 106 valence electrons. The van der Waals surface area contributed by atoms with Gasteiger partial charge in [0.2, 0.25) is 0 Å². The van der Waals surface area contributed by atoms with E-state index in [2.05, 4.69) is 0 Å². The van der Waals surface area contributed by atoms with E-state index in [1.54, 1.807) is 18.2 Å². The van der Waals surface area contributed by atoms with Crippen LogP contribution in [0.2, 0.25) is 0 Å². The summed E-state index contributed by atoms with van der Waals surface area (Å²) in [5.74, 6) is -1.50. The van der Waals surface area contributed by atoms with Crippen molar-refractivity contribution in [1.29, 1.82) is 0 Å².